The molecule has 8 heteroatoms. The Morgan fingerprint density at radius 2 is 1.72 bits per heavy atom. The molecule has 3 aromatic rings. The van der Waals surface area contributed by atoms with Crippen molar-refractivity contribution in [2.45, 2.75) is 0 Å². The first kappa shape index (κ1) is 19.7. The Labute approximate surface area is 166 Å². The molecular formula is C21H18N2O6. The Morgan fingerprint density at radius 3 is 2.34 bits per heavy atom. The number of hydrazone groups is 1. The van der Waals surface area contributed by atoms with Gasteiger partial charge in [-0.25, -0.2) is 10.2 Å². The third-order valence-electron chi connectivity index (χ3n) is 4.27. The molecule has 3 rings (SSSR count). The fourth-order valence-electron chi connectivity index (χ4n) is 2.90. The first-order valence-corrected chi connectivity index (χ1v) is 8.49. The van der Waals surface area contributed by atoms with E-state index in [-0.39, 0.29) is 33.9 Å². The molecule has 0 saturated carbocycles. The van der Waals surface area contributed by atoms with Gasteiger partial charge in [0.15, 0.2) is 11.5 Å². The van der Waals surface area contributed by atoms with E-state index in [2.05, 4.69) is 10.5 Å². The third-order valence-corrected chi connectivity index (χ3v) is 4.27. The molecule has 0 fully saturated rings. The number of methoxy groups -OCH3 is 2. The molecule has 8 nitrogen and oxygen atoms in total. The molecule has 3 N–H and O–H groups in total. The number of fused-ring (bicyclic) bond motifs is 1. The smallest absolute Gasteiger partial charge is 0.340 e. The van der Waals surface area contributed by atoms with E-state index < -0.39 is 11.9 Å². The van der Waals surface area contributed by atoms with Crippen LogP contribution in [0.3, 0.4) is 0 Å². The van der Waals surface area contributed by atoms with E-state index in [1.54, 1.807) is 6.07 Å². The van der Waals surface area contributed by atoms with Crippen LogP contribution in [0, 0.1) is 0 Å². The predicted octanol–water partition coefficient (Wildman–Crippen LogP) is 3.02. The summed E-state index contributed by atoms with van der Waals surface area (Å²) in [5, 5.41) is 25.0. The van der Waals surface area contributed by atoms with Crippen LogP contribution in [0.25, 0.3) is 10.8 Å². The minimum absolute atomic E-state index is 0.0439. The Hall–Kier alpha value is -4.07. The average molecular weight is 394 g/mol. The number of benzene rings is 3. The summed E-state index contributed by atoms with van der Waals surface area (Å²) in [6.07, 6.45) is 1.18. The van der Waals surface area contributed by atoms with E-state index in [4.69, 9.17) is 9.47 Å². The second kappa shape index (κ2) is 8.30. The van der Waals surface area contributed by atoms with Gasteiger partial charge in [0.2, 0.25) is 0 Å². The van der Waals surface area contributed by atoms with Crippen molar-refractivity contribution in [3.63, 3.8) is 0 Å². The highest BCUT2D eigenvalue weighted by atomic mass is 16.5. The second-order valence-electron chi connectivity index (χ2n) is 5.99. The van der Waals surface area contributed by atoms with Gasteiger partial charge in [0.25, 0.3) is 5.91 Å². The number of carboxylic acids is 1. The predicted molar refractivity (Wildman–Crippen MR) is 107 cm³/mol. The molecule has 0 radical (unpaired) electrons. The highest BCUT2D eigenvalue weighted by Crippen LogP contribution is 2.33. The number of ether oxygens (including phenoxy) is 2. The largest absolute Gasteiger partial charge is 0.507 e. The molecule has 0 atom stereocenters. The summed E-state index contributed by atoms with van der Waals surface area (Å²) in [7, 11) is 2.73. The van der Waals surface area contributed by atoms with Gasteiger partial charge in [-0.2, -0.15) is 5.10 Å². The van der Waals surface area contributed by atoms with E-state index in [9.17, 15) is 19.8 Å². The zero-order valence-corrected chi connectivity index (χ0v) is 15.7. The lowest BCUT2D eigenvalue weighted by molar-refractivity contribution is 0.0692. The van der Waals surface area contributed by atoms with Crippen LogP contribution in [0.5, 0.6) is 17.2 Å². The molecule has 0 aliphatic rings. The third kappa shape index (κ3) is 3.96. The SMILES string of the molecule is COc1ccc(/C=N\NC(=O)c2cc3ccccc3cc2O)c(C(=O)O)c1OC. The summed E-state index contributed by atoms with van der Waals surface area (Å²) in [5.41, 5.74) is 2.39. The van der Waals surface area contributed by atoms with Crippen LogP contribution >= 0.6 is 0 Å². The Kier molecular flexibility index (Phi) is 5.64. The number of aromatic carboxylic acids is 1. The van der Waals surface area contributed by atoms with Crippen molar-refractivity contribution >= 4 is 28.9 Å². The number of carbonyl (C=O) groups is 2. The number of aromatic hydroxyl groups is 1. The average Bonchev–Trinajstić information content (AvgIpc) is 2.72. The number of carbonyl (C=O) groups excluding carboxylic acids is 1. The Balaban J connectivity index is 1.87. The fraction of sp³-hybridized carbons (Fsp3) is 0.0952. The van der Waals surface area contributed by atoms with Crippen LogP contribution < -0.4 is 14.9 Å². The normalized spacial score (nSPS) is 10.8. The van der Waals surface area contributed by atoms with Gasteiger partial charge in [0.1, 0.15) is 11.3 Å². The number of hydrogen-bond acceptors (Lipinski definition) is 6. The fourth-order valence-corrected chi connectivity index (χ4v) is 2.90. The van der Waals surface area contributed by atoms with Gasteiger partial charge in [-0.3, -0.25) is 4.79 Å². The van der Waals surface area contributed by atoms with Crippen molar-refractivity contribution in [3.8, 4) is 17.2 Å². The van der Waals surface area contributed by atoms with Crippen LogP contribution in [-0.4, -0.2) is 42.5 Å². The molecule has 148 valence electrons. The number of phenols is 1. The van der Waals surface area contributed by atoms with Crippen LogP contribution in [0.4, 0.5) is 0 Å². The lowest BCUT2D eigenvalue weighted by Crippen LogP contribution is -2.18. The Bertz CT molecular complexity index is 1120. The number of amides is 1. The summed E-state index contributed by atoms with van der Waals surface area (Å²) in [6, 6.07) is 13.3. The summed E-state index contributed by atoms with van der Waals surface area (Å²) in [4.78, 5) is 24.0. The molecule has 0 aliphatic carbocycles. The lowest BCUT2D eigenvalue weighted by Gasteiger charge is -2.12. The van der Waals surface area contributed by atoms with Gasteiger partial charge in [0.05, 0.1) is 26.0 Å². The summed E-state index contributed by atoms with van der Waals surface area (Å²) < 4.78 is 10.2. The molecule has 29 heavy (non-hydrogen) atoms. The lowest BCUT2D eigenvalue weighted by atomic mass is 10.1. The van der Waals surface area contributed by atoms with Crippen molar-refractivity contribution < 1.29 is 29.3 Å². The summed E-state index contributed by atoms with van der Waals surface area (Å²) in [6.45, 7) is 0. The topological polar surface area (TPSA) is 117 Å². The zero-order valence-electron chi connectivity index (χ0n) is 15.7. The maximum Gasteiger partial charge on any atom is 0.340 e. The van der Waals surface area contributed by atoms with Gasteiger partial charge >= 0.3 is 5.97 Å². The molecule has 0 spiro atoms. The number of phenolic OH excluding ortho intramolecular Hbond substituents is 1. The number of nitrogens with zero attached hydrogens (tertiary/aromatic N) is 1. The number of nitrogens with one attached hydrogen (secondary N) is 1. The highest BCUT2D eigenvalue weighted by Gasteiger charge is 2.20. The molecule has 3 aromatic carbocycles. The molecule has 0 saturated heterocycles. The first-order chi connectivity index (χ1) is 14.0. The van der Waals surface area contributed by atoms with E-state index in [1.165, 1.54) is 38.6 Å². The van der Waals surface area contributed by atoms with Gasteiger partial charge in [-0.05, 0) is 35.0 Å². The maximum absolute atomic E-state index is 12.4. The molecule has 0 unspecified atom stereocenters. The van der Waals surface area contributed by atoms with Crippen molar-refractivity contribution in [1.82, 2.24) is 5.43 Å². The van der Waals surface area contributed by atoms with Gasteiger partial charge in [-0.15, -0.1) is 0 Å². The van der Waals surface area contributed by atoms with Crippen molar-refractivity contribution in [2.75, 3.05) is 14.2 Å². The highest BCUT2D eigenvalue weighted by molar-refractivity contribution is 6.03. The van der Waals surface area contributed by atoms with E-state index in [1.807, 2.05) is 24.3 Å². The van der Waals surface area contributed by atoms with Crippen LogP contribution in [0.15, 0.2) is 53.6 Å². The minimum Gasteiger partial charge on any atom is -0.507 e. The molecule has 0 aromatic heterocycles. The Morgan fingerprint density at radius 1 is 1.03 bits per heavy atom. The van der Waals surface area contributed by atoms with E-state index in [0.29, 0.717) is 0 Å². The van der Waals surface area contributed by atoms with Gasteiger partial charge < -0.3 is 19.7 Å². The monoisotopic (exact) mass is 394 g/mol. The minimum atomic E-state index is -1.24. The first-order valence-electron chi connectivity index (χ1n) is 8.49. The number of rotatable bonds is 6. The summed E-state index contributed by atoms with van der Waals surface area (Å²) in [5.74, 6) is -1.76. The van der Waals surface area contributed by atoms with Crippen LogP contribution in [-0.2, 0) is 0 Å². The number of carboxylic acid groups (broad SMARTS) is 1. The van der Waals surface area contributed by atoms with Crippen molar-refractivity contribution in [2.24, 2.45) is 5.10 Å². The zero-order chi connectivity index (χ0) is 21.0. The quantitative estimate of drug-likeness (QED) is 0.437. The molecule has 0 bridgehead atoms. The molecule has 0 aliphatic heterocycles. The molecule has 1 amide bonds. The number of hydrogen-bond donors (Lipinski definition) is 3. The van der Waals surface area contributed by atoms with Crippen molar-refractivity contribution in [3.05, 3.63) is 65.2 Å². The van der Waals surface area contributed by atoms with E-state index in [0.717, 1.165) is 10.8 Å². The van der Waals surface area contributed by atoms with Gasteiger partial charge in [-0.1, -0.05) is 24.3 Å². The molecular weight excluding hydrogens is 376 g/mol. The maximum atomic E-state index is 12.4. The summed E-state index contributed by atoms with van der Waals surface area (Å²) >= 11 is 0. The van der Waals surface area contributed by atoms with Crippen LogP contribution in [0.2, 0.25) is 0 Å². The molecule has 0 heterocycles. The standard InChI is InChI=1S/C21H18N2O6/c1-28-17-8-7-14(18(21(26)27)19(17)29-2)11-22-23-20(25)15-9-12-5-3-4-6-13(12)10-16(15)24/h3-11,24H,1-2H3,(H,23,25)(H,26,27)/b22-11-. The van der Waals surface area contributed by atoms with Gasteiger partial charge in [0, 0.05) is 5.56 Å². The van der Waals surface area contributed by atoms with Crippen molar-refractivity contribution in [1.29, 1.82) is 0 Å². The second-order valence-corrected chi connectivity index (χ2v) is 5.99. The van der Waals surface area contributed by atoms with E-state index >= 15 is 0 Å². The van der Waals surface area contributed by atoms with Crippen LogP contribution in [0.1, 0.15) is 26.3 Å².